The van der Waals surface area contributed by atoms with E-state index in [1.54, 1.807) is 44.1 Å². The third-order valence-electron chi connectivity index (χ3n) is 4.13. The fourth-order valence-corrected chi connectivity index (χ4v) is 3.39. The zero-order valence-electron chi connectivity index (χ0n) is 19.2. The molecule has 0 spiro atoms. The highest BCUT2D eigenvalue weighted by Gasteiger charge is 2.22. The van der Waals surface area contributed by atoms with Crippen molar-refractivity contribution >= 4 is 29.6 Å². The minimum Gasteiger partial charge on any atom is -0.465 e. The Morgan fingerprint density at radius 1 is 1.25 bits per heavy atom. The Hall–Kier alpha value is -2.53. The maximum atomic E-state index is 12.7. The van der Waals surface area contributed by atoms with Crippen LogP contribution in [-0.4, -0.2) is 73.3 Å². The van der Waals surface area contributed by atoms with Gasteiger partial charge in [-0.2, -0.15) is 0 Å². The van der Waals surface area contributed by atoms with Gasteiger partial charge in [0.1, 0.15) is 12.2 Å². The van der Waals surface area contributed by atoms with Crippen LogP contribution >= 0.6 is 11.3 Å². The van der Waals surface area contributed by atoms with E-state index < -0.39 is 29.9 Å². The minimum atomic E-state index is -1.08. The minimum absolute atomic E-state index is 0.0294. The van der Waals surface area contributed by atoms with Crippen LogP contribution in [-0.2, 0) is 20.8 Å². The molecule has 10 nitrogen and oxygen atoms in total. The summed E-state index contributed by atoms with van der Waals surface area (Å²) >= 11 is 1.55. The fraction of sp³-hybridized carbons (Fsp3) is 0.667. The highest BCUT2D eigenvalue weighted by atomic mass is 32.1. The fourth-order valence-electron chi connectivity index (χ4n) is 2.67. The van der Waals surface area contributed by atoms with Gasteiger partial charge in [-0.15, -0.1) is 11.3 Å². The monoisotopic (exact) mass is 473 g/mol. The second kappa shape index (κ2) is 14.5. The summed E-state index contributed by atoms with van der Waals surface area (Å²) in [7, 11) is 1.56. The van der Waals surface area contributed by atoms with Crippen LogP contribution < -0.4 is 10.6 Å². The van der Waals surface area contributed by atoms with Gasteiger partial charge >= 0.3 is 18.3 Å². The van der Waals surface area contributed by atoms with Gasteiger partial charge in [-0.05, 0) is 51.5 Å². The molecule has 11 heteroatoms. The highest BCUT2D eigenvalue weighted by molar-refractivity contribution is 7.09. The van der Waals surface area contributed by atoms with Crippen LogP contribution in [0, 0.1) is 0 Å². The lowest BCUT2D eigenvalue weighted by Gasteiger charge is -2.25. The number of nitrogens with zero attached hydrogens (tertiary/aromatic N) is 1. The van der Waals surface area contributed by atoms with Gasteiger partial charge in [-0.3, -0.25) is 0 Å². The van der Waals surface area contributed by atoms with Crippen molar-refractivity contribution in [2.45, 2.75) is 58.2 Å². The Bertz CT molecular complexity index is 692. The van der Waals surface area contributed by atoms with Crippen molar-refractivity contribution in [1.29, 1.82) is 0 Å². The quantitative estimate of drug-likeness (QED) is 0.373. The Kier molecular flexibility index (Phi) is 12.5. The molecule has 0 aliphatic rings. The number of hydrogen-bond acceptors (Lipinski definition) is 7. The van der Waals surface area contributed by atoms with E-state index in [0.717, 1.165) is 4.88 Å². The van der Waals surface area contributed by atoms with Crippen molar-refractivity contribution in [3.8, 4) is 0 Å². The van der Waals surface area contributed by atoms with E-state index in [4.69, 9.17) is 19.3 Å². The molecule has 0 saturated carbocycles. The summed E-state index contributed by atoms with van der Waals surface area (Å²) in [5, 5.41) is 15.6. The van der Waals surface area contributed by atoms with Crippen molar-refractivity contribution in [2.75, 3.05) is 33.4 Å². The van der Waals surface area contributed by atoms with Gasteiger partial charge in [0, 0.05) is 25.1 Å². The first kappa shape index (κ1) is 27.5. The summed E-state index contributed by atoms with van der Waals surface area (Å²) in [4.78, 5) is 38.0. The number of carbonyl (C=O) groups excluding carboxylic acids is 2. The smallest absolute Gasteiger partial charge is 0.410 e. The van der Waals surface area contributed by atoms with Gasteiger partial charge in [0.25, 0.3) is 0 Å². The van der Waals surface area contributed by atoms with E-state index in [1.807, 2.05) is 17.5 Å². The lowest BCUT2D eigenvalue weighted by atomic mass is 10.1. The molecule has 1 aromatic rings. The molecule has 0 fully saturated rings. The number of hydrogen-bond donors (Lipinski definition) is 3. The average Bonchev–Trinajstić information content (AvgIpc) is 3.20. The first-order chi connectivity index (χ1) is 15.1. The molecule has 0 saturated heterocycles. The second-order valence-corrected chi connectivity index (χ2v) is 9.17. The van der Waals surface area contributed by atoms with Crippen LogP contribution in [0.5, 0.6) is 0 Å². The predicted molar refractivity (Wildman–Crippen MR) is 121 cm³/mol. The van der Waals surface area contributed by atoms with Crippen LogP contribution in [0.3, 0.4) is 0 Å². The van der Waals surface area contributed by atoms with Gasteiger partial charge in [0.15, 0.2) is 0 Å². The molecule has 182 valence electrons. The zero-order valence-corrected chi connectivity index (χ0v) is 20.0. The average molecular weight is 474 g/mol. The SMILES string of the molecule is COCCN(Cc1cccs1)C(=O)OC[C@H](CCCCNC(=O)O)NC(=O)OC(C)(C)C. The van der Waals surface area contributed by atoms with Crippen LogP contribution in [0.1, 0.15) is 44.9 Å². The largest absolute Gasteiger partial charge is 0.465 e. The molecular weight excluding hydrogens is 438 g/mol. The van der Waals surface area contributed by atoms with Gasteiger partial charge < -0.3 is 34.9 Å². The van der Waals surface area contributed by atoms with Crippen molar-refractivity contribution in [3.05, 3.63) is 22.4 Å². The van der Waals surface area contributed by atoms with Crippen LogP contribution in [0.4, 0.5) is 14.4 Å². The number of methoxy groups -OCH3 is 1. The summed E-state index contributed by atoms with van der Waals surface area (Å²) in [6.45, 7) is 6.71. The molecule has 32 heavy (non-hydrogen) atoms. The van der Waals surface area contributed by atoms with Gasteiger partial charge in [-0.25, -0.2) is 14.4 Å². The van der Waals surface area contributed by atoms with Crippen molar-refractivity contribution in [2.24, 2.45) is 0 Å². The molecule has 0 unspecified atom stereocenters. The molecule has 1 atom stereocenters. The van der Waals surface area contributed by atoms with E-state index in [1.165, 1.54) is 0 Å². The zero-order chi connectivity index (χ0) is 24.0. The molecular formula is C21H35N3O7S. The van der Waals surface area contributed by atoms with E-state index in [0.29, 0.717) is 45.5 Å². The van der Waals surface area contributed by atoms with Crippen LogP contribution in [0.2, 0.25) is 0 Å². The first-order valence-corrected chi connectivity index (χ1v) is 11.4. The number of carbonyl (C=O) groups is 3. The van der Waals surface area contributed by atoms with Crippen LogP contribution in [0.15, 0.2) is 17.5 Å². The summed E-state index contributed by atoms with van der Waals surface area (Å²) in [6.07, 6.45) is -0.469. The van der Waals surface area contributed by atoms with Crippen molar-refractivity contribution in [3.63, 3.8) is 0 Å². The molecule has 3 amide bonds. The lowest BCUT2D eigenvalue weighted by Crippen LogP contribution is -2.43. The molecule has 0 aliphatic carbocycles. The first-order valence-electron chi connectivity index (χ1n) is 10.5. The Morgan fingerprint density at radius 3 is 2.59 bits per heavy atom. The summed E-state index contributed by atoms with van der Waals surface area (Å²) < 4.78 is 15.9. The Balaban J connectivity index is 2.65. The molecule has 0 aromatic carbocycles. The van der Waals surface area contributed by atoms with Crippen molar-refractivity contribution in [1.82, 2.24) is 15.5 Å². The Morgan fingerprint density at radius 2 is 2.00 bits per heavy atom. The molecule has 1 aromatic heterocycles. The summed E-state index contributed by atoms with van der Waals surface area (Å²) in [5.41, 5.74) is -0.658. The molecule has 0 aliphatic heterocycles. The van der Waals surface area contributed by atoms with E-state index in [2.05, 4.69) is 10.6 Å². The Labute approximate surface area is 193 Å². The molecule has 3 N–H and O–H groups in total. The highest BCUT2D eigenvalue weighted by Crippen LogP contribution is 2.13. The summed E-state index contributed by atoms with van der Waals surface area (Å²) in [5.74, 6) is 0. The lowest BCUT2D eigenvalue weighted by molar-refractivity contribution is 0.0436. The number of unbranched alkanes of at least 4 members (excludes halogenated alkanes) is 1. The van der Waals surface area contributed by atoms with Crippen LogP contribution in [0.25, 0.3) is 0 Å². The molecule has 0 bridgehead atoms. The third-order valence-corrected chi connectivity index (χ3v) is 5.00. The molecule has 1 heterocycles. The topological polar surface area (TPSA) is 126 Å². The number of rotatable bonds is 13. The second-order valence-electron chi connectivity index (χ2n) is 8.14. The van der Waals surface area contributed by atoms with E-state index >= 15 is 0 Å². The van der Waals surface area contributed by atoms with E-state index in [-0.39, 0.29) is 6.61 Å². The molecule has 0 radical (unpaired) electrons. The maximum absolute atomic E-state index is 12.7. The standard InChI is InChI=1S/C21H35N3O7S/c1-21(2,3)31-19(27)23-16(8-5-6-10-22-18(25)26)15-30-20(28)24(11-12-29-4)14-17-9-7-13-32-17/h7,9,13,16,22H,5-6,8,10-12,14-15H2,1-4H3,(H,23,27)(H,25,26)/t16-/m0/s1. The number of amides is 3. The molecule has 1 rings (SSSR count). The maximum Gasteiger partial charge on any atom is 0.410 e. The third kappa shape index (κ3) is 13.0. The van der Waals surface area contributed by atoms with Gasteiger partial charge in [0.05, 0.1) is 19.2 Å². The number of nitrogens with one attached hydrogen (secondary N) is 2. The van der Waals surface area contributed by atoms with Crippen molar-refractivity contribution < 1.29 is 33.7 Å². The predicted octanol–water partition coefficient (Wildman–Crippen LogP) is 3.66. The number of carboxylic acid groups (broad SMARTS) is 1. The summed E-state index contributed by atoms with van der Waals surface area (Å²) in [6, 6.07) is 3.39. The number of thiophene rings is 1. The van der Waals surface area contributed by atoms with E-state index in [9.17, 15) is 14.4 Å². The number of ether oxygens (including phenoxy) is 3. The van der Waals surface area contributed by atoms with Gasteiger partial charge in [-0.1, -0.05) is 6.07 Å². The number of alkyl carbamates (subject to hydrolysis) is 1. The normalized spacial score (nSPS) is 12.0. The van der Waals surface area contributed by atoms with Gasteiger partial charge in [0.2, 0.25) is 0 Å².